The number of methoxy groups -OCH3 is 1. The molecule has 2 fully saturated rings. The molecule has 172 valence electrons. The molecular formula is C23H35N3O5. The molecule has 1 N–H and O–H groups in total. The summed E-state index contributed by atoms with van der Waals surface area (Å²) in [6.07, 6.45) is 0.962. The van der Waals surface area contributed by atoms with Gasteiger partial charge in [0.15, 0.2) is 0 Å². The van der Waals surface area contributed by atoms with Crippen LogP contribution in [0, 0.1) is 5.92 Å². The normalized spacial score (nSPS) is 19.8. The summed E-state index contributed by atoms with van der Waals surface area (Å²) in [7, 11) is 1.43. The third kappa shape index (κ3) is 7.19. The minimum absolute atomic E-state index is 0.0221. The lowest BCUT2D eigenvalue weighted by atomic mass is 9.97. The zero-order valence-electron chi connectivity index (χ0n) is 18.7. The second-order valence-corrected chi connectivity index (χ2v) is 8.49. The Labute approximate surface area is 184 Å². The number of hydrogen-bond donors (Lipinski definition) is 1. The summed E-state index contributed by atoms with van der Waals surface area (Å²) in [5.74, 6) is 0.735. The Morgan fingerprint density at radius 2 is 1.68 bits per heavy atom. The van der Waals surface area contributed by atoms with Gasteiger partial charge in [-0.1, -0.05) is 12.1 Å². The lowest BCUT2D eigenvalue weighted by Gasteiger charge is -2.34. The Kier molecular flexibility index (Phi) is 8.69. The van der Waals surface area contributed by atoms with Gasteiger partial charge >= 0.3 is 5.97 Å². The quantitative estimate of drug-likeness (QED) is 0.612. The molecule has 2 saturated heterocycles. The van der Waals surface area contributed by atoms with E-state index >= 15 is 0 Å². The summed E-state index contributed by atoms with van der Waals surface area (Å²) >= 11 is 0. The van der Waals surface area contributed by atoms with Crippen LogP contribution < -0.4 is 4.74 Å². The molecule has 8 nitrogen and oxygen atoms in total. The lowest BCUT2D eigenvalue weighted by molar-refractivity contribution is -0.147. The standard InChI is InChI=1S/C23H35N3O5/c1-18(27)26-13-11-25(12-14-26)15-19-3-5-22(6-4-19)31-17-21(28)16-24-9-7-20(8-10-24)23(29)30-2/h3-6,20-21,28H,7-17H2,1-2H3. The Hall–Kier alpha value is -2.16. The van der Waals surface area contributed by atoms with E-state index in [-0.39, 0.29) is 24.4 Å². The first-order valence-electron chi connectivity index (χ1n) is 11.1. The number of aliphatic hydroxyl groups excluding tert-OH is 1. The SMILES string of the molecule is COC(=O)C1CCN(CC(O)COc2ccc(CN3CCN(C(C)=O)CC3)cc2)CC1. The molecule has 3 rings (SSSR count). The molecule has 1 atom stereocenters. The topological polar surface area (TPSA) is 82.6 Å². The first kappa shape index (κ1) is 23.5. The molecule has 2 aliphatic heterocycles. The van der Waals surface area contributed by atoms with Gasteiger partial charge in [0.1, 0.15) is 18.5 Å². The Morgan fingerprint density at radius 3 is 2.26 bits per heavy atom. The van der Waals surface area contributed by atoms with E-state index in [0.29, 0.717) is 6.54 Å². The van der Waals surface area contributed by atoms with Gasteiger partial charge in [-0.05, 0) is 43.6 Å². The van der Waals surface area contributed by atoms with Crippen LogP contribution in [0.15, 0.2) is 24.3 Å². The minimum atomic E-state index is -0.577. The molecule has 1 aromatic rings. The number of nitrogens with zero attached hydrogens (tertiary/aromatic N) is 3. The summed E-state index contributed by atoms with van der Waals surface area (Å²) in [6.45, 7) is 8.18. The highest BCUT2D eigenvalue weighted by atomic mass is 16.5. The molecule has 0 aliphatic carbocycles. The number of piperazine rings is 1. The lowest BCUT2D eigenvalue weighted by Crippen LogP contribution is -2.47. The zero-order valence-corrected chi connectivity index (χ0v) is 18.7. The number of benzene rings is 1. The molecule has 1 amide bonds. The molecule has 0 saturated carbocycles. The Morgan fingerprint density at radius 1 is 1.03 bits per heavy atom. The van der Waals surface area contributed by atoms with Crippen molar-refractivity contribution < 1.29 is 24.2 Å². The molecule has 2 heterocycles. The number of carbonyl (C=O) groups excluding carboxylic acids is 2. The maximum atomic E-state index is 11.6. The van der Waals surface area contributed by atoms with Crippen LogP contribution in [0.3, 0.4) is 0 Å². The van der Waals surface area contributed by atoms with Gasteiger partial charge in [-0.3, -0.25) is 14.5 Å². The predicted molar refractivity (Wildman–Crippen MR) is 117 cm³/mol. The number of piperidine rings is 1. The molecule has 1 aromatic carbocycles. The van der Waals surface area contributed by atoms with Gasteiger partial charge in [-0.15, -0.1) is 0 Å². The predicted octanol–water partition coefficient (Wildman–Crippen LogP) is 0.975. The fourth-order valence-corrected chi connectivity index (χ4v) is 4.23. The number of amides is 1. The molecular weight excluding hydrogens is 398 g/mol. The number of likely N-dealkylation sites (tertiary alicyclic amines) is 1. The van der Waals surface area contributed by atoms with Crippen molar-refractivity contribution in [1.82, 2.24) is 14.7 Å². The van der Waals surface area contributed by atoms with Gasteiger partial charge in [-0.25, -0.2) is 0 Å². The minimum Gasteiger partial charge on any atom is -0.491 e. The van der Waals surface area contributed by atoms with E-state index in [4.69, 9.17) is 9.47 Å². The van der Waals surface area contributed by atoms with Crippen molar-refractivity contribution >= 4 is 11.9 Å². The van der Waals surface area contributed by atoms with Crippen molar-refractivity contribution in [3.05, 3.63) is 29.8 Å². The van der Waals surface area contributed by atoms with Crippen LogP contribution in [0.1, 0.15) is 25.3 Å². The molecule has 0 radical (unpaired) electrons. The van der Waals surface area contributed by atoms with Crippen molar-refractivity contribution in [3.8, 4) is 5.75 Å². The number of esters is 1. The van der Waals surface area contributed by atoms with Crippen LogP contribution in [0.25, 0.3) is 0 Å². The van der Waals surface area contributed by atoms with Gasteiger partial charge in [0.05, 0.1) is 13.0 Å². The summed E-state index contributed by atoms with van der Waals surface area (Å²) in [6, 6.07) is 7.98. The number of ether oxygens (including phenoxy) is 2. The molecule has 0 spiro atoms. The summed E-state index contributed by atoms with van der Waals surface area (Å²) < 4.78 is 10.6. The average molecular weight is 434 g/mol. The first-order chi connectivity index (χ1) is 14.9. The number of rotatable bonds is 8. The van der Waals surface area contributed by atoms with Crippen molar-refractivity contribution in [1.29, 1.82) is 0 Å². The van der Waals surface area contributed by atoms with Gasteiger partial charge in [-0.2, -0.15) is 0 Å². The maximum absolute atomic E-state index is 11.6. The highest BCUT2D eigenvalue weighted by molar-refractivity contribution is 5.73. The number of β-amino-alcohol motifs (C(OH)–C–C–N with tert-alkyl or cyclic N) is 1. The van der Waals surface area contributed by atoms with Gasteiger partial charge in [0.25, 0.3) is 0 Å². The van der Waals surface area contributed by atoms with E-state index in [1.165, 1.54) is 12.7 Å². The molecule has 31 heavy (non-hydrogen) atoms. The second-order valence-electron chi connectivity index (χ2n) is 8.49. The molecule has 2 aliphatic rings. The number of hydrogen-bond acceptors (Lipinski definition) is 7. The average Bonchev–Trinajstić information content (AvgIpc) is 2.79. The molecule has 0 bridgehead atoms. The highest BCUT2D eigenvalue weighted by Gasteiger charge is 2.26. The third-order valence-electron chi connectivity index (χ3n) is 6.18. The van der Waals surface area contributed by atoms with E-state index in [1.807, 2.05) is 17.0 Å². The van der Waals surface area contributed by atoms with E-state index in [0.717, 1.165) is 64.4 Å². The van der Waals surface area contributed by atoms with Crippen molar-refractivity contribution in [2.24, 2.45) is 5.92 Å². The summed E-state index contributed by atoms with van der Waals surface area (Å²) in [5.41, 5.74) is 1.21. The zero-order chi connectivity index (χ0) is 22.2. The van der Waals surface area contributed by atoms with Crippen molar-refractivity contribution in [3.63, 3.8) is 0 Å². The van der Waals surface area contributed by atoms with Crippen LogP contribution >= 0.6 is 0 Å². The monoisotopic (exact) mass is 433 g/mol. The van der Waals surface area contributed by atoms with E-state index in [1.54, 1.807) is 6.92 Å². The fourth-order valence-electron chi connectivity index (χ4n) is 4.23. The van der Waals surface area contributed by atoms with E-state index in [2.05, 4.69) is 21.9 Å². The van der Waals surface area contributed by atoms with Crippen molar-refractivity contribution in [2.45, 2.75) is 32.4 Å². The molecule has 0 aromatic heterocycles. The van der Waals surface area contributed by atoms with E-state index in [9.17, 15) is 14.7 Å². The number of aliphatic hydroxyl groups is 1. The maximum Gasteiger partial charge on any atom is 0.308 e. The summed E-state index contributed by atoms with van der Waals surface area (Å²) in [4.78, 5) is 29.4. The highest BCUT2D eigenvalue weighted by Crippen LogP contribution is 2.19. The van der Waals surface area contributed by atoms with Crippen LogP contribution in [0.2, 0.25) is 0 Å². The van der Waals surface area contributed by atoms with Crippen LogP contribution in [-0.4, -0.2) is 97.3 Å². The third-order valence-corrected chi connectivity index (χ3v) is 6.18. The van der Waals surface area contributed by atoms with E-state index < -0.39 is 6.10 Å². The molecule has 1 unspecified atom stereocenters. The van der Waals surface area contributed by atoms with Crippen LogP contribution in [0.5, 0.6) is 5.75 Å². The van der Waals surface area contributed by atoms with Crippen molar-refractivity contribution in [2.75, 3.05) is 59.5 Å². The van der Waals surface area contributed by atoms with Gasteiger partial charge < -0.3 is 24.4 Å². The smallest absolute Gasteiger partial charge is 0.308 e. The van der Waals surface area contributed by atoms with Gasteiger partial charge in [0, 0.05) is 46.2 Å². The Balaban J connectivity index is 1.35. The first-order valence-corrected chi connectivity index (χ1v) is 11.1. The van der Waals surface area contributed by atoms with Gasteiger partial charge in [0.2, 0.25) is 5.91 Å². The Bertz CT molecular complexity index is 710. The molecule has 8 heteroatoms. The second kappa shape index (κ2) is 11.5. The van der Waals surface area contributed by atoms with Crippen LogP contribution in [-0.2, 0) is 20.9 Å². The largest absolute Gasteiger partial charge is 0.491 e. The van der Waals surface area contributed by atoms with Crippen LogP contribution in [0.4, 0.5) is 0 Å². The number of carbonyl (C=O) groups is 2. The summed E-state index contributed by atoms with van der Waals surface area (Å²) in [5, 5.41) is 10.3. The fraction of sp³-hybridized carbons (Fsp3) is 0.652.